The number of nitrogens with zero attached hydrogens (tertiary/aromatic N) is 2. The van der Waals surface area contributed by atoms with Crippen molar-refractivity contribution < 1.29 is 10.0 Å². The topological polar surface area (TPSA) is 94.7 Å². The molecule has 0 amide bonds. The summed E-state index contributed by atoms with van der Waals surface area (Å²) in [5.74, 6) is -0.694. The van der Waals surface area contributed by atoms with E-state index >= 15 is 0 Å². The highest BCUT2D eigenvalue weighted by Gasteiger charge is 2.10. The zero-order valence-electron chi connectivity index (χ0n) is 17.7. The molecule has 3 aromatic rings. The van der Waals surface area contributed by atoms with Crippen LogP contribution in [0.3, 0.4) is 0 Å². The number of nitrogens with one attached hydrogen (secondary N) is 2. The van der Waals surface area contributed by atoms with Gasteiger partial charge >= 0.3 is 5.69 Å². The fourth-order valence-corrected chi connectivity index (χ4v) is 3.32. The van der Waals surface area contributed by atoms with Crippen molar-refractivity contribution >= 4 is 17.6 Å². The zero-order chi connectivity index (χ0) is 21.8. The van der Waals surface area contributed by atoms with Crippen LogP contribution in [0.1, 0.15) is 30.5 Å². The molecular weight excluding hydrogens is 380 g/mol. The highest BCUT2D eigenvalue weighted by molar-refractivity contribution is 5.84. The van der Waals surface area contributed by atoms with Crippen molar-refractivity contribution in [3.05, 3.63) is 80.0 Å². The zero-order valence-corrected chi connectivity index (χ0v) is 17.7. The van der Waals surface area contributed by atoms with Gasteiger partial charge < -0.3 is 10.0 Å². The van der Waals surface area contributed by atoms with Gasteiger partial charge in [0.1, 0.15) is 5.69 Å². The van der Waals surface area contributed by atoms with E-state index in [1.165, 1.54) is 11.1 Å². The second-order valence-corrected chi connectivity index (χ2v) is 7.20. The SMILES string of the molecule is CC[NH+](CC)c1ccc(N=Cc2c([O-])n(-c3ccc(C)c(C)c3)c(=O)[nH]c2=O)cc1. The van der Waals surface area contributed by atoms with E-state index in [1.54, 1.807) is 12.1 Å². The van der Waals surface area contributed by atoms with Crippen molar-refractivity contribution in [1.82, 2.24) is 9.55 Å². The summed E-state index contributed by atoms with van der Waals surface area (Å²) >= 11 is 0. The molecule has 2 N–H and O–H groups in total. The lowest BCUT2D eigenvalue weighted by molar-refractivity contribution is -0.828. The van der Waals surface area contributed by atoms with E-state index in [0.29, 0.717) is 11.4 Å². The summed E-state index contributed by atoms with van der Waals surface area (Å²) in [6.07, 6.45) is 1.22. The summed E-state index contributed by atoms with van der Waals surface area (Å²) in [7, 11) is 0. The number of H-pyrrole nitrogens is 1. The Kier molecular flexibility index (Phi) is 6.32. The second kappa shape index (κ2) is 8.92. The summed E-state index contributed by atoms with van der Waals surface area (Å²) in [5.41, 5.74) is 2.46. The molecule has 0 aliphatic heterocycles. The van der Waals surface area contributed by atoms with Crippen molar-refractivity contribution in [1.29, 1.82) is 0 Å². The van der Waals surface area contributed by atoms with E-state index < -0.39 is 17.1 Å². The van der Waals surface area contributed by atoms with Crippen LogP contribution < -0.4 is 21.3 Å². The Morgan fingerprint density at radius 2 is 1.70 bits per heavy atom. The predicted octanol–water partition coefficient (Wildman–Crippen LogP) is 1.52. The van der Waals surface area contributed by atoms with E-state index in [2.05, 4.69) is 23.8 Å². The van der Waals surface area contributed by atoms with Gasteiger partial charge in [0, 0.05) is 24.0 Å². The largest absolute Gasteiger partial charge is 0.859 e. The third kappa shape index (κ3) is 4.26. The number of quaternary nitrogens is 1. The Morgan fingerprint density at radius 3 is 2.30 bits per heavy atom. The van der Waals surface area contributed by atoms with Gasteiger partial charge in [-0.25, -0.2) is 4.79 Å². The van der Waals surface area contributed by atoms with Crippen molar-refractivity contribution in [2.24, 2.45) is 4.99 Å². The molecule has 0 saturated heterocycles. The van der Waals surface area contributed by atoms with Gasteiger partial charge in [-0.2, -0.15) is 0 Å². The summed E-state index contributed by atoms with van der Waals surface area (Å²) in [4.78, 5) is 32.4. The van der Waals surface area contributed by atoms with E-state index in [1.807, 2.05) is 44.2 Å². The molecule has 30 heavy (non-hydrogen) atoms. The molecule has 0 fully saturated rings. The van der Waals surface area contributed by atoms with Gasteiger partial charge in [0.2, 0.25) is 0 Å². The average Bonchev–Trinajstić information content (AvgIpc) is 2.72. The van der Waals surface area contributed by atoms with Crippen LogP contribution in [-0.2, 0) is 0 Å². The Hall–Kier alpha value is -3.45. The van der Waals surface area contributed by atoms with Gasteiger partial charge in [0.25, 0.3) is 5.56 Å². The fraction of sp³-hybridized carbons (Fsp3) is 0.261. The molecule has 3 rings (SSSR count). The quantitative estimate of drug-likeness (QED) is 0.608. The molecule has 1 aromatic heterocycles. The second-order valence-electron chi connectivity index (χ2n) is 7.20. The number of aromatic amines is 1. The molecule has 0 spiro atoms. The number of rotatable bonds is 6. The van der Waals surface area contributed by atoms with Crippen LogP contribution in [0.5, 0.6) is 5.88 Å². The lowest BCUT2D eigenvalue weighted by atomic mass is 10.1. The van der Waals surface area contributed by atoms with Gasteiger partial charge in [-0.3, -0.25) is 19.3 Å². The Bertz CT molecular complexity index is 1190. The van der Waals surface area contributed by atoms with Crippen LogP contribution in [-0.4, -0.2) is 28.9 Å². The maximum absolute atomic E-state index is 12.9. The van der Waals surface area contributed by atoms with E-state index in [4.69, 9.17) is 0 Å². The molecule has 1 heterocycles. The fourth-order valence-electron chi connectivity index (χ4n) is 3.32. The Balaban J connectivity index is 1.99. The maximum atomic E-state index is 12.9. The summed E-state index contributed by atoms with van der Waals surface area (Å²) in [6.45, 7) is 10.0. The third-order valence-electron chi connectivity index (χ3n) is 5.32. The highest BCUT2D eigenvalue weighted by atomic mass is 16.3. The number of aromatic nitrogens is 2. The first kappa shape index (κ1) is 21.3. The molecule has 7 heteroatoms. The minimum absolute atomic E-state index is 0.189. The molecular formula is C23H26N4O3. The van der Waals surface area contributed by atoms with Gasteiger partial charge in [-0.05, 0) is 69.0 Å². The Labute approximate surface area is 175 Å². The van der Waals surface area contributed by atoms with Gasteiger partial charge in [0.15, 0.2) is 0 Å². The average molecular weight is 406 g/mol. The van der Waals surface area contributed by atoms with Crippen LogP contribution in [0.25, 0.3) is 5.69 Å². The molecule has 0 aliphatic carbocycles. The lowest BCUT2D eigenvalue weighted by Gasteiger charge is -2.18. The lowest BCUT2D eigenvalue weighted by Crippen LogP contribution is -3.06. The van der Waals surface area contributed by atoms with Crippen LogP contribution in [0, 0.1) is 13.8 Å². The molecule has 2 aromatic carbocycles. The first-order valence-electron chi connectivity index (χ1n) is 9.98. The van der Waals surface area contributed by atoms with Crippen molar-refractivity contribution in [2.75, 3.05) is 13.1 Å². The Morgan fingerprint density at radius 1 is 1.03 bits per heavy atom. The number of benzene rings is 2. The summed E-state index contributed by atoms with van der Waals surface area (Å²) < 4.78 is 0.960. The molecule has 0 bridgehead atoms. The first-order valence-corrected chi connectivity index (χ1v) is 9.98. The minimum Gasteiger partial charge on any atom is -0.859 e. The monoisotopic (exact) mass is 406 g/mol. The molecule has 0 unspecified atom stereocenters. The summed E-state index contributed by atoms with van der Waals surface area (Å²) in [5, 5.41) is 12.9. The minimum atomic E-state index is -0.767. The molecule has 0 radical (unpaired) electrons. The van der Waals surface area contributed by atoms with E-state index in [-0.39, 0.29) is 5.56 Å². The number of aliphatic imine (C=N–C) groups is 1. The number of hydrogen-bond acceptors (Lipinski definition) is 4. The van der Waals surface area contributed by atoms with Gasteiger partial charge in [-0.15, -0.1) is 0 Å². The number of hydrogen-bond donors (Lipinski definition) is 2. The van der Waals surface area contributed by atoms with Crippen molar-refractivity contribution in [3.8, 4) is 11.6 Å². The van der Waals surface area contributed by atoms with Gasteiger partial charge in [0.05, 0.1) is 24.3 Å². The smallest absolute Gasteiger partial charge is 0.332 e. The van der Waals surface area contributed by atoms with Crippen LogP contribution in [0.15, 0.2) is 57.0 Å². The van der Waals surface area contributed by atoms with Gasteiger partial charge in [-0.1, -0.05) is 6.07 Å². The molecule has 0 atom stereocenters. The molecule has 0 aliphatic rings. The summed E-state index contributed by atoms with van der Waals surface area (Å²) in [6, 6.07) is 12.9. The van der Waals surface area contributed by atoms with Crippen molar-refractivity contribution in [2.45, 2.75) is 27.7 Å². The van der Waals surface area contributed by atoms with Crippen LogP contribution >= 0.6 is 0 Å². The predicted molar refractivity (Wildman–Crippen MR) is 117 cm³/mol. The van der Waals surface area contributed by atoms with Crippen molar-refractivity contribution in [3.63, 3.8) is 0 Å². The standard InChI is InChI=1S/C23H26N4O3/c1-5-26(6-2)18-11-8-17(9-12-18)24-14-20-21(28)25-23(30)27(22(20)29)19-10-7-15(3)16(4)13-19/h7-14,29H,5-6H2,1-4H3,(H,25,28,30). The molecule has 156 valence electrons. The highest BCUT2D eigenvalue weighted by Crippen LogP contribution is 2.18. The van der Waals surface area contributed by atoms with Crippen LogP contribution in [0.4, 0.5) is 11.4 Å². The first-order chi connectivity index (χ1) is 14.3. The maximum Gasteiger partial charge on any atom is 0.332 e. The van der Waals surface area contributed by atoms with E-state index in [0.717, 1.165) is 34.5 Å². The van der Waals surface area contributed by atoms with E-state index in [9.17, 15) is 14.7 Å². The normalized spacial score (nSPS) is 11.5. The third-order valence-corrected chi connectivity index (χ3v) is 5.32. The van der Waals surface area contributed by atoms with Crippen LogP contribution in [0.2, 0.25) is 0 Å². The molecule has 0 saturated carbocycles. The molecule has 7 nitrogen and oxygen atoms in total. The number of aryl methyl sites for hydroxylation is 2.